The van der Waals surface area contributed by atoms with Gasteiger partial charge in [-0.05, 0) is 23.2 Å². The molecule has 5 heteroatoms. The number of thioether (sulfide) groups is 2. The van der Waals surface area contributed by atoms with E-state index in [0.29, 0.717) is 5.92 Å². The summed E-state index contributed by atoms with van der Waals surface area (Å²) in [6, 6.07) is 8.76. The molecule has 0 saturated heterocycles. The lowest BCUT2D eigenvalue weighted by atomic mass is 10.0. The molecule has 0 amide bonds. The zero-order valence-electron chi connectivity index (χ0n) is 10.1. The molecule has 0 saturated carbocycles. The van der Waals surface area contributed by atoms with Crippen LogP contribution in [0.2, 0.25) is 0 Å². The molecule has 0 aliphatic carbocycles. The van der Waals surface area contributed by atoms with E-state index < -0.39 is 0 Å². The fourth-order valence-corrected chi connectivity index (χ4v) is 5.22. The van der Waals surface area contributed by atoms with Crippen LogP contribution in [0.1, 0.15) is 24.2 Å². The zero-order chi connectivity index (χ0) is 12.4. The molecule has 18 heavy (non-hydrogen) atoms. The summed E-state index contributed by atoms with van der Waals surface area (Å²) in [6.45, 7) is 2.10. The van der Waals surface area contributed by atoms with Crippen molar-refractivity contribution in [2.24, 2.45) is 0 Å². The van der Waals surface area contributed by atoms with Gasteiger partial charge >= 0.3 is 0 Å². The van der Waals surface area contributed by atoms with Crippen molar-refractivity contribution < 1.29 is 0 Å². The smallest absolute Gasteiger partial charge is 0.170 e. The molecule has 2 heterocycles. The molecule has 2 nitrogen and oxygen atoms in total. The second-order valence-electron chi connectivity index (χ2n) is 4.19. The van der Waals surface area contributed by atoms with E-state index in [2.05, 4.69) is 40.5 Å². The Hall–Kier alpha value is -0.520. The molecule has 0 radical (unpaired) electrons. The summed E-state index contributed by atoms with van der Waals surface area (Å²) in [6.07, 6.45) is 0.930. The average Bonchev–Trinajstić information content (AvgIpc) is 3.03. The first-order chi connectivity index (χ1) is 8.86. The third-order valence-corrected chi connectivity index (χ3v) is 6.26. The van der Waals surface area contributed by atoms with Gasteiger partial charge in [0.15, 0.2) is 4.34 Å². The number of aromatic nitrogens is 2. The van der Waals surface area contributed by atoms with Gasteiger partial charge in [-0.1, -0.05) is 36.9 Å². The summed E-state index contributed by atoms with van der Waals surface area (Å²) in [5, 5.41) is 0. The third kappa shape index (κ3) is 2.58. The summed E-state index contributed by atoms with van der Waals surface area (Å²) in [4.78, 5) is 5.96. The standard InChI is InChI=1S/C13H14N2S3/c1-2-12-14-13(18-15-12)17-8-9-7-16-11-6-4-3-5-10(9)11/h3-6,9H,2,7-8H2,1H3. The van der Waals surface area contributed by atoms with Crippen LogP contribution in [0.25, 0.3) is 0 Å². The molecule has 94 valence electrons. The lowest BCUT2D eigenvalue weighted by Gasteiger charge is -2.08. The Morgan fingerprint density at radius 3 is 3.11 bits per heavy atom. The Morgan fingerprint density at radius 1 is 1.39 bits per heavy atom. The van der Waals surface area contributed by atoms with E-state index in [4.69, 9.17) is 0 Å². The fraction of sp³-hybridized carbons (Fsp3) is 0.385. The highest BCUT2D eigenvalue weighted by Gasteiger charge is 2.23. The van der Waals surface area contributed by atoms with E-state index in [1.165, 1.54) is 27.7 Å². The highest BCUT2D eigenvalue weighted by Crippen LogP contribution is 2.41. The topological polar surface area (TPSA) is 25.8 Å². The first-order valence-corrected chi connectivity index (χ1v) is 8.78. The number of fused-ring (bicyclic) bond motifs is 1. The minimum Gasteiger partial charge on any atom is -0.213 e. The average molecular weight is 294 g/mol. The Bertz CT molecular complexity index is 539. The van der Waals surface area contributed by atoms with Crippen LogP contribution in [0.4, 0.5) is 0 Å². The van der Waals surface area contributed by atoms with Crippen molar-refractivity contribution >= 4 is 35.1 Å². The molecule has 3 rings (SSSR count). The molecule has 1 unspecified atom stereocenters. The summed E-state index contributed by atoms with van der Waals surface area (Å²) >= 11 is 5.36. The van der Waals surface area contributed by atoms with Crippen molar-refractivity contribution in [3.63, 3.8) is 0 Å². The van der Waals surface area contributed by atoms with Crippen molar-refractivity contribution in [3.05, 3.63) is 35.7 Å². The van der Waals surface area contributed by atoms with Gasteiger partial charge in [0.05, 0.1) is 0 Å². The van der Waals surface area contributed by atoms with Crippen LogP contribution in [0.3, 0.4) is 0 Å². The van der Waals surface area contributed by atoms with E-state index in [1.807, 2.05) is 23.5 Å². The van der Waals surface area contributed by atoms with Crippen LogP contribution in [0, 0.1) is 0 Å². The Morgan fingerprint density at radius 2 is 2.28 bits per heavy atom. The summed E-state index contributed by atoms with van der Waals surface area (Å²) in [5.41, 5.74) is 1.51. The Balaban J connectivity index is 1.65. The number of nitrogens with zero attached hydrogens (tertiary/aromatic N) is 2. The van der Waals surface area contributed by atoms with Gasteiger partial charge in [-0.25, -0.2) is 4.98 Å². The van der Waals surface area contributed by atoms with Gasteiger partial charge in [-0.15, -0.1) is 11.8 Å². The molecule has 0 bridgehead atoms. The van der Waals surface area contributed by atoms with E-state index >= 15 is 0 Å². The summed E-state index contributed by atoms with van der Waals surface area (Å²) in [5.74, 6) is 3.95. The second kappa shape index (κ2) is 5.63. The fourth-order valence-electron chi connectivity index (χ4n) is 1.98. The maximum absolute atomic E-state index is 4.51. The first kappa shape index (κ1) is 12.5. The van der Waals surface area contributed by atoms with E-state index in [9.17, 15) is 0 Å². The molecule has 1 aliphatic rings. The van der Waals surface area contributed by atoms with Crippen LogP contribution < -0.4 is 0 Å². The van der Waals surface area contributed by atoms with Gasteiger partial charge < -0.3 is 0 Å². The molecule has 1 aliphatic heterocycles. The van der Waals surface area contributed by atoms with Gasteiger partial charge in [0.25, 0.3) is 0 Å². The van der Waals surface area contributed by atoms with Crippen molar-refractivity contribution in [1.82, 2.24) is 9.36 Å². The quantitative estimate of drug-likeness (QED) is 0.794. The summed E-state index contributed by atoms with van der Waals surface area (Å²) in [7, 11) is 0. The zero-order valence-corrected chi connectivity index (χ0v) is 12.6. The predicted octanol–water partition coefficient (Wildman–Crippen LogP) is 4.08. The highest BCUT2D eigenvalue weighted by molar-refractivity contribution is 8.01. The lowest BCUT2D eigenvalue weighted by Crippen LogP contribution is -1.99. The highest BCUT2D eigenvalue weighted by atomic mass is 32.2. The van der Waals surface area contributed by atoms with Gasteiger partial charge in [-0.2, -0.15) is 4.37 Å². The van der Waals surface area contributed by atoms with Gasteiger partial charge in [-0.3, -0.25) is 0 Å². The van der Waals surface area contributed by atoms with Crippen molar-refractivity contribution in [3.8, 4) is 0 Å². The van der Waals surface area contributed by atoms with Crippen molar-refractivity contribution in [2.45, 2.75) is 28.5 Å². The number of benzene rings is 1. The van der Waals surface area contributed by atoms with E-state index in [-0.39, 0.29) is 0 Å². The van der Waals surface area contributed by atoms with Crippen LogP contribution in [-0.4, -0.2) is 20.9 Å². The molecular weight excluding hydrogens is 280 g/mol. The van der Waals surface area contributed by atoms with E-state index in [1.54, 1.807) is 0 Å². The van der Waals surface area contributed by atoms with Gasteiger partial charge in [0.2, 0.25) is 0 Å². The molecule has 0 N–H and O–H groups in total. The van der Waals surface area contributed by atoms with Crippen LogP contribution in [0.5, 0.6) is 0 Å². The van der Waals surface area contributed by atoms with Crippen molar-refractivity contribution in [2.75, 3.05) is 11.5 Å². The number of hydrogen-bond donors (Lipinski definition) is 0. The van der Waals surface area contributed by atoms with Crippen LogP contribution >= 0.6 is 35.1 Å². The SMILES string of the molecule is CCc1nsc(SCC2CSc3ccccc32)n1. The van der Waals surface area contributed by atoms with Gasteiger partial charge in [0, 0.05) is 28.7 Å². The molecule has 1 atom stereocenters. The number of aryl methyl sites for hydroxylation is 1. The minimum absolute atomic E-state index is 0.658. The third-order valence-electron chi connectivity index (χ3n) is 2.97. The summed E-state index contributed by atoms with van der Waals surface area (Å²) < 4.78 is 5.44. The number of hydrogen-bond acceptors (Lipinski definition) is 5. The van der Waals surface area contributed by atoms with E-state index in [0.717, 1.165) is 22.3 Å². The van der Waals surface area contributed by atoms with Crippen LogP contribution in [0.15, 0.2) is 33.5 Å². The molecule has 1 aromatic heterocycles. The predicted molar refractivity (Wildman–Crippen MR) is 79.9 cm³/mol. The number of rotatable bonds is 4. The monoisotopic (exact) mass is 294 g/mol. The molecule has 1 aromatic carbocycles. The molecule has 2 aromatic rings. The second-order valence-corrected chi connectivity index (χ2v) is 7.27. The molecular formula is C13H14N2S3. The Labute approximate surface area is 120 Å². The molecule has 0 spiro atoms. The normalized spacial score (nSPS) is 17.9. The molecule has 0 fully saturated rings. The first-order valence-electron chi connectivity index (χ1n) is 6.04. The maximum atomic E-state index is 4.51. The Kier molecular flexibility index (Phi) is 3.91. The minimum atomic E-state index is 0.658. The van der Waals surface area contributed by atoms with Crippen molar-refractivity contribution in [1.29, 1.82) is 0 Å². The van der Waals surface area contributed by atoms with Crippen LogP contribution in [-0.2, 0) is 6.42 Å². The van der Waals surface area contributed by atoms with Gasteiger partial charge in [0.1, 0.15) is 5.82 Å². The largest absolute Gasteiger partial charge is 0.213 e. The maximum Gasteiger partial charge on any atom is 0.170 e. The lowest BCUT2D eigenvalue weighted by molar-refractivity contribution is 0.894.